The van der Waals surface area contributed by atoms with Gasteiger partial charge in [-0.15, -0.1) is 0 Å². The third kappa shape index (κ3) is 4.15. The summed E-state index contributed by atoms with van der Waals surface area (Å²) in [6, 6.07) is 2.31. The minimum absolute atomic E-state index is 0.140. The number of aromatic nitrogens is 2. The molecule has 0 aliphatic heterocycles. The first-order valence-electron chi connectivity index (χ1n) is 6.90. The highest BCUT2D eigenvalue weighted by atomic mass is 15.3. The monoisotopic (exact) mass is 237 g/mol. The summed E-state index contributed by atoms with van der Waals surface area (Å²) in [6.45, 7) is 9.69. The number of rotatable bonds is 7. The Labute approximate surface area is 105 Å². The molecule has 1 rings (SSSR count). The van der Waals surface area contributed by atoms with Gasteiger partial charge in [0.05, 0.1) is 11.4 Å². The summed E-state index contributed by atoms with van der Waals surface area (Å²) >= 11 is 0. The van der Waals surface area contributed by atoms with Gasteiger partial charge in [0.2, 0.25) is 0 Å². The van der Waals surface area contributed by atoms with Gasteiger partial charge in [-0.2, -0.15) is 5.10 Å². The average Bonchev–Trinajstić information content (AvgIpc) is 2.71. The van der Waals surface area contributed by atoms with E-state index in [0.29, 0.717) is 0 Å². The van der Waals surface area contributed by atoms with Crippen LogP contribution in [-0.2, 0) is 13.0 Å². The number of hydrogen-bond acceptors (Lipinski definition) is 2. The van der Waals surface area contributed by atoms with Crippen molar-refractivity contribution in [3.8, 4) is 0 Å². The molecule has 0 saturated heterocycles. The highest BCUT2D eigenvalue weighted by molar-refractivity contribution is 5.14. The second-order valence-corrected chi connectivity index (χ2v) is 5.16. The van der Waals surface area contributed by atoms with Crippen molar-refractivity contribution in [3.05, 3.63) is 17.5 Å². The summed E-state index contributed by atoms with van der Waals surface area (Å²) in [7, 11) is 0. The summed E-state index contributed by atoms with van der Waals surface area (Å²) in [6.07, 6.45) is 4.51. The Morgan fingerprint density at radius 2 is 2.00 bits per heavy atom. The Bertz CT molecular complexity index is 328. The van der Waals surface area contributed by atoms with Gasteiger partial charge in [0.25, 0.3) is 0 Å². The van der Waals surface area contributed by atoms with E-state index in [4.69, 9.17) is 5.73 Å². The van der Waals surface area contributed by atoms with Crippen LogP contribution in [0, 0.1) is 5.92 Å². The third-order valence-electron chi connectivity index (χ3n) is 3.20. The van der Waals surface area contributed by atoms with Gasteiger partial charge in [-0.05, 0) is 31.7 Å². The Hall–Kier alpha value is -0.830. The zero-order valence-corrected chi connectivity index (χ0v) is 11.7. The molecular weight excluding hydrogens is 210 g/mol. The predicted octanol–water partition coefficient (Wildman–Crippen LogP) is 3.29. The van der Waals surface area contributed by atoms with E-state index in [0.717, 1.165) is 31.0 Å². The summed E-state index contributed by atoms with van der Waals surface area (Å²) < 4.78 is 2.05. The van der Waals surface area contributed by atoms with Gasteiger partial charge in [-0.1, -0.05) is 33.6 Å². The first-order chi connectivity index (χ1) is 8.08. The van der Waals surface area contributed by atoms with Crippen molar-refractivity contribution in [2.24, 2.45) is 11.7 Å². The fraction of sp³-hybridized carbons (Fsp3) is 0.786. The first kappa shape index (κ1) is 14.2. The summed E-state index contributed by atoms with van der Waals surface area (Å²) in [4.78, 5) is 0. The Kier molecular flexibility index (Phi) is 5.69. The van der Waals surface area contributed by atoms with Crippen molar-refractivity contribution >= 4 is 0 Å². The van der Waals surface area contributed by atoms with Crippen LogP contribution < -0.4 is 5.73 Å². The largest absolute Gasteiger partial charge is 0.323 e. The molecule has 17 heavy (non-hydrogen) atoms. The lowest BCUT2D eigenvalue weighted by Gasteiger charge is -2.13. The van der Waals surface area contributed by atoms with Crippen LogP contribution >= 0.6 is 0 Å². The molecule has 0 aliphatic carbocycles. The fourth-order valence-electron chi connectivity index (χ4n) is 2.11. The van der Waals surface area contributed by atoms with E-state index in [1.807, 2.05) is 0 Å². The molecule has 1 aromatic heterocycles. The molecule has 1 aromatic rings. The number of nitrogens with two attached hydrogens (primary N) is 1. The molecule has 0 aliphatic rings. The van der Waals surface area contributed by atoms with Crippen LogP contribution in [0.1, 0.15) is 64.4 Å². The Balaban J connectivity index is 2.60. The molecule has 1 heterocycles. The lowest BCUT2D eigenvalue weighted by molar-refractivity contribution is 0.482. The van der Waals surface area contributed by atoms with Crippen LogP contribution in [0.3, 0.4) is 0 Å². The van der Waals surface area contributed by atoms with Gasteiger partial charge in [-0.25, -0.2) is 0 Å². The molecule has 2 N–H and O–H groups in total. The van der Waals surface area contributed by atoms with Crippen LogP contribution in [0.25, 0.3) is 0 Å². The van der Waals surface area contributed by atoms with Crippen LogP contribution in [0.5, 0.6) is 0 Å². The molecule has 0 saturated carbocycles. The SMILES string of the molecule is CCc1cc(C(N)CCCC(C)C)n(CC)n1. The maximum absolute atomic E-state index is 6.26. The minimum Gasteiger partial charge on any atom is -0.323 e. The van der Waals surface area contributed by atoms with Crippen LogP contribution in [0.4, 0.5) is 0 Å². The van der Waals surface area contributed by atoms with Crippen LogP contribution in [-0.4, -0.2) is 9.78 Å². The van der Waals surface area contributed by atoms with E-state index in [1.54, 1.807) is 0 Å². The quantitative estimate of drug-likeness (QED) is 0.791. The van der Waals surface area contributed by atoms with E-state index in [1.165, 1.54) is 18.5 Å². The second kappa shape index (κ2) is 6.80. The van der Waals surface area contributed by atoms with Gasteiger partial charge in [0.15, 0.2) is 0 Å². The smallest absolute Gasteiger partial charge is 0.0625 e. The molecule has 0 fully saturated rings. The van der Waals surface area contributed by atoms with Crippen LogP contribution in [0.15, 0.2) is 6.07 Å². The van der Waals surface area contributed by atoms with E-state index in [2.05, 4.69) is 43.5 Å². The highest BCUT2D eigenvalue weighted by Crippen LogP contribution is 2.20. The van der Waals surface area contributed by atoms with Crippen molar-refractivity contribution in [2.75, 3.05) is 0 Å². The third-order valence-corrected chi connectivity index (χ3v) is 3.20. The summed E-state index contributed by atoms with van der Waals surface area (Å²) in [5.41, 5.74) is 8.62. The molecule has 0 bridgehead atoms. The molecule has 3 nitrogen and oxygen atoms in total. The summed E-state index contributed by atoms with van der Waals surface area (Å²) in [5.74, 6) is 0.768. The van der Waals surface area contributed by atoms with Crippen molar-refractivity contribution in [3.63, 3.8) is 0 Å². The Morgan fingerprint density at radius 3 is 2.53 bits per heavy atom. The summed E-state index contributed by atoms with van der Waals surface area (Å²) in [5, 5.41) is 4.55. The van der Waals surface area contributed by atoms with Crippen molar-refractivity contribution in [1.29, 1.82) is 0 Å². The van der Waals surface area contributed by atoms with Crippen molar-refractivity contribution < 1.29 is 0 Å². The lowest BCUT2D eigenvalue weighted by atomic mass is 10.0. The van der Waals surface area contributed by atoms with Crippen molar-refractivity contribution in [1.82, 2.24) is 9.78 Å². The number of aryl methyl sites for hydroxylation is 2. The minimum atomic E-state index is 0.140. The predicted molar refractivity (Wildman–Crippen MR) is 72.9 cm³/mol. The molecule has 98 valence electrons. The average molecular weight is 237 g/mol. The van der Waals surface area contributed by atoms with Gasteiger partial charge in [0, 0.05) is 12.6 Å². The zero-order chi connectivity index (χ0) is 12.8. The van der Waals surface area contributed by atoms with Gasteiger partial charge in [-0.3, -0.25) is 4.68 Å². The number of hydrogen-bond donors (Lipinski definition) is 1. The lowest BCUT2D eigenvalue weighted by Crippen LogP contribution is -2.16. The second-order valence-electron chi connectivity index (χ2n) is 5.16. The van der Waals surface area contributed by atoms with Gasteiger partial charge < -0.3 is 5.73 Å². The first-order valence-corrected chi connectivity index (χ1v) is 6.90. The molecule has 0 spiro atoms. The normalized spacial score (nSPS) is 13.3. The maximum atomic E-state index is 6.26. The Morgan fingerprint density at radius 1 is 1.29 bits per heavy atom. The van der Waals surface area contributed by atoms with Gasteiger partial charge in [0.1, 0.15) is 0 Å². The maximum Gasteiger partial charge on any atom is 0.0625 e. The standard InChI is InChI=1S/C14H27N3/c1-5-12-10-14(17(6-2)16-12)13(15)9-7-8-11(3)4/h10-11,13H,5-9,15H2,1-4H3. The molecule has 0 radical (unpaired) electrons. The van der Waals surface area contributed by atoms with E-state index in [-0.39, 0.29) is 6.04 Å². The van der Waals surface area contributed by atoms with E-state index in [9.17, 15) is 0 Å². The molecule has 0 aromatic carbocycles. The molecular formula is C14H27N3. The van der Waals surface area contributed by atoms with Gasteiger partial charge >= 0.3 is 0 Å². The van der Waals surface area contributed by atoms with Crippen LogP contribution in [0.2, 0.25) is 0 Å². The zero-order valence-electron chi connectivity index (χ0n) is 11.7. The topological polar surface area (TPSA) is 43.8 Å². The number of nitrogens with zero attached hydrogens (tertiary/aromatic N) is 2. The molecule has 1 unspecified atom stereocenters. The van der Waals surface area contributed by atoms with E-state index < -0.39 is 0 Å². The highest BCUT2D eigenvalue weighted by Gasteiger charge is 2.13. The molecule has 3 heteroatoms. The molecule has 0 amide bonds. The fourth-order valence-corrected chi connectivity index (χ4v) is 2.11. The molecule has 1 atom stereocenters. The van der Waals surface area contributed by atoms with E-state index >= 15 is 0 Å². The van der Waals surface area contributed by atoms with Crippen molar-refractivity contribution in [2.45, 2.75) is 66.0 Å².